The first kappa shape index (κ1) is 20.6. The number of phenols is 1. The Morgan fingerprint density at radius 2 is 2.10 bits per heavy atom. The number of nitrogens with zero attached hydrogens (tertiary/aromatic N) is 3. The molecular weight excluding hydrogens is 398 g/mol. The van der Waals surface area contributed by atoms with Crippen molar-refractivity contribution < 1.29 is 19.2 Å². The zero-order chi connectivity index (χ0) is 22.0. The number of amides is 2. The first-order valence-corrected chi connectivity index (χ1v) is 10.4. The summed E-state index contributed by atoms with van der Waals surface area (Å²) < 4.78 is 6.25. The summed E-state index contributed by atoms with van der Waals surface area (Å²) in [5.74, 6) is -0.170. The van der Waals surface area contributed by atoms with Crippen LogP contribution >= 0.6 is 0 Å². The molecule has 1 aliphatic carbocycles. The molecular formula is C22H25N5O4. The Morgan fingerprint density at radius 1 is 1.29 bits per heavy atom. The van der Waals surface area contributed by atoms with E-state index in [4.69, 9.17) is 4.52 Å². The molecule has 1 aromatic carbocycles. The second-order valence-corrected chi connectivity index (χ2v) is 7.82. The maximum atomic E-state index is 12.8. The Balaban J connectivity index is 1.60. The Labute approximate surface area is 179 Å². The van der Waals surface area contributed by atoms with Gasteiger partial charge in [-0.1, -0.05) is 18.5 Å². The van der Waals surface area contributed by atoms with Gasteiger partial charge in [0.05, 0.1) is 17.6 Å². The highest BCUT2D eigenvalue weighted by Crippen LogP contribution is 2.39. The average Bonchev–Trinajstić information content (AvgIpc) is 3.37. The Bertz CT molecular complexity index is 1090. The maximum absolute atomic E-state index is 12.8. The van der Waals surface area contributed by atoms with Crippen LogP contribution in [-0.4, -0.2) is 38.0 Å². The molecule has 162 valence electrons. The summed E-state index contributed by atoms with van der Waals surface area (Å²) in [5, 5.41) is 24.2. The van der Waals surface area contributed by atoms with Crippen LogP contribution in [0.2, 0.25) is 0 Å². The van der Waals surface area contributed by atoms with Gasteiger partial charge >= 0.3 is 6.03 Å². The van der Waals surface area contributed by atoms with E-state index in [-0.39, 0.29) is 29.5 Å². The van der Waals surface area contributed by atoms with Gasteiger partial charge in [-0.3, -0.25) is 4.79 Å². The lowest BCUT2D eigenvalue weighted by Crippen LogP contribution is -2.37. The minimum absolute atomic E-state index is 0.0371. The number of aromatic nitrogens is 3. The van der Waals surface area contributed by atoms with Crippen LogP contribution in [0, 0.1) is 0 Å². The largest absolute Gasteiger partial charge is 0.507 e. The Hall–Kier alpha value is -3.62. The van der Waals surface area contributed by atoms with Crippen molar-refractivity contribution in [3.05, 3.63) is 48.0 Å². The van der Waals surface area contributed by atoms with Crippen molar-refractivity contribution >= 4 is 17.6 Å². The number of hydrogen-bond donors (Lipinski definition) is 3. The summed E-state index contributed by atoms with van der Waals surface area (Å²) in [7, 11) is 0. The minimum atomic E-state index is -0.470. The van der Waals surface area contributed by atoms with Crippen LogP contribution in [0.25, 0.3) is 11.3 Å². The molecule has 0 bridgehead atoms. The van der Waals surface area contributed by atoms with E-state index in [0.29, 0.717) is 16.9 Å². The van der Waals surface area contributed by atoms with Crippen LogP contribution in [0.5, 0.6) is 5.75 Å². The van der Waals surface area contributed by atoms with Gasteiger partial charge in [-0.25, -0.2) is 4.79 Å². The fourth-order valence-corrected chi connectivity index (χ4v) is 3.41. The number of carbonyl (C=O) groups excluding carboxylic acids is 2. The molecule has 9 nitrogen and oxygen atoms in total. The number of rotatable bonds is 6. The second-order valence-electron chi connectivity index (χ2n) is 7.82. The van der Waals surface area contributed by atoms with E-state index >= 15 is 0 Å². The predicted molar refractivity (Wildman–Crippen MR) is 114 cm³/mol. The fourth-order valence-electron chi connectivity index (χ4n) is 3.41. The third kappa shape index (κ3) is 4.30. The van der Waals surface area contributed by atoms with Crippen LogP contribution < -0.4 is 10.6 Å². The van der Waals surface area contributed by atoms with Crippen LogP contribution in [0.1, 0.15) is 61.7 Å². The van der Waals surface area contributed by atoms with Crippen LogP contribution in [0.4, 0.5) is 10.5 Å². The van der Waals surface area contributed by atoms with Crippen molar-refractivity contribution in [2.45, 2.75) is 51.5 Å². The molecule has 1 saturated carbocycles. The summed E-state index contributed by atoms with van der Waals surface area (Å²) in [6.45, 7) is 3.95. The minimum Gasteiger partial charge on any atom is -0.507 e. The van der Waals surface area contributed by atoms with Crippen LogP contribution in [0.15, 0.2) is 41.1 Å². The first-order valence-electron chi connectivity index (χ1n) is 10.4. The SMILES string of the molecule is CCC(C)NC(=O)n1nc(-c2ccc(NC(=O)c3ccno3)cc2O)cc1C1CCC1. The van der Waals surface area contributed by atoms with E-state index in [1.165, 1.54) is 23.0 Å². The number of nitrogens with one attached hydrogen (secondary N) is 2. The van der Waals surface area contributed by atoms with Gasteiger partial charge < -0.3 is 20.3 Å². The summed E-state index contributed by atoms with van der Waals surface area (Å²) in [6.07, 6.45) is 5.35. The molecule has 1 unspecified atom stereocenters. The Kier molecular flexibility index (Phi) is 5.75. The highest BCUT2D eigenvalue weighted by molar-refractivity contribution is 6.02. The molecule has 31 heavy (non-hydrogen) atoms. The van der Waals surface area contributed by atoms with Gasteiger partial charge in [-0.15, -0.1) is 0 Å². The van der Waals surface area contributed by atoms with Gasteiger partial charge in [-0.2, -0.15) is 9.78 Å². The molecule has 2 amide bonds. The zero-order valence-electron chi connectivity index (χ0n) is 17.5. The monoisotopic (exact) mass is 423 g/mol. The molecule has 3 aromatic rings. The van der Waals surface area contributed by atoms with E-state index in [0.717, 1.165) is 31.4 Å². The quantitative estimate of drug-likeness (QED) is 0.548. The van der Waals surface area contributed by atoms with E-state index in [9.17, 15) is 14.7 Å². The smallest absolute Gasteiger partial charge is 0.342 e. The van der Waals surface area contributed by atoms with Crippen molar-refractivity contribution in [1.82, 2.24) is 20.3 Å². The maximum Gasteiger partial charge on any atom is 0.342 e. The van der Waals surface area contributed by atoms with Crippen molar-refractivity contribution in [2.75, 3.05) is 5.32 Å². The number of aromatic hydroxyl groups is 1. The number of benzene rings is 1. The molecule has 1 atom stereocenters. The second kappa shape index (κ2) is 8.63. The fraction of sp³-hybridized carbons (Fsp3) is 0.364. The van der Waals surface area contributed by atoms with E-state index in [1.807, 2.05) is 19.9 Å². The van der Waals surface area contributed by atoms with Gasteiger partial charge in [-0.05, 0) is 44.4 Å². The molecule has 1 aliphatic rings. The van der Waals surface area contributed by atoms with Crippen molar-refractivity contribution in [1.29, 1.82) is 0 Å². The number of hydrogen-bond acceptors (Lipinski definition) is 6. The zero-order valence-corrected chi connectivity index (χ0v) is 17.5. The van der Waals surface area contributed by atoms with E-state index in [2.05, 4.69) is 20.9 Å². The highest BCUT2D eigenvalue weighted by atomic mass is 16.5. The first-order chi connectivity index (χ1) is 15.0. The summed E-state index contributed by atoms with van der Waals surface area (Å²) in [6, 6.07) is 7.84. The van der Waals surface area contributed by atoms with Crippen molar-refractivity contribution in [2.24, 2.45) is 0 Å². The number of anilines is 1. The molecule has 0 saturated heterocycles. The van der Waals surface area contributed by atoms with Crippen LogP contribution in [-0.2, 0) is 0 Å². The summed E-state index contributed by atoms with van der Waals surface area (Å²) in [5.41, 5.74) is 2.24. The molecule has 0 aliphatic heterocycles. The normalized spacial score (nSPS) is 14.6. The Morgan fingerprint density at radius 3 is 2.71 bits per heavy atom. The predicted octanol–water partition coefficient (Wildman–Crippen LogP) is 4.12. The van der Waals surface area contributed by atoms with Crippen molar-refractivity contribution in [3.8, 4) is 17.0 Å². The molecule has 0 spiro atoms. The highest BCUT2D eigenvalue weighted by Gasteiger charge is 2.28. The van der Waals surface area contributed by atoms with Gasteiger partial charge in [0.25, 0.3) is 5.91 Å². The molecule has 3 N–H and O–H groups in total. The molecule has 1 fully saturated rings. The van der Waals surface area contributed by atoms with Gasteiger partial charge in [0.15, 0.2) is 0 Å². The van der Waals surface area contributed by atoms with Crippen LogP contribution in [0.3, 0.4) is 0 Å². The van der Waals surface area contributed by atoms with Gasteiger partial charge in [0, 0.05) is 35.3 Å². The standard InChI is InChI=1S/C22H25N5O4/c1-3-13(2)24-22(30)27-18(14-5-4-6-14)12-17(26-27)16-8-7-15(11-19(16)28)25-21(29)20-9-10-23-31-20/h7-14,28H,3-6H2,1-2H3,(H,24,30)(H,25,29). The molecule has 2 aromatic heterocycles. The third-order valence-electron chi connectivity index (χ3n) is 5.63. The van der Waals surface area contributed by atoms with Gasteiger partial charge in [0.2, 0.25) is 5.76 Å². The summed E-state index contributed by atoms with van der Waals surface area (Å²) in [4.78, 5) is 24.9. The lowest BCUT2D eigenvalue weighted by molar-refractivity contribution is 0.0988. The van der Waals surface area contributed by atoms with Crippen molar-refractivity contribution in [3.63, 3.8) is 0 Å². The summed E-state index contributed by atoms with van der Waals surface area (Å²) >= 11 is 0. The number of carbonyl (C=O) groups is 2. The molecule has 4 rings (SSSR count). The lowest BCUT2D eigenvalue weighted by atomic mass is 9.82. The topological polar surface area (TPSA) is 122 Å². The van der Waals surface area contributed by atoms with Gasteiger partial charge in [0.1, 0.15) is 5.75 Å². The third-order valence-corrected chi connectivity index (χ3v) is 5.63. The molecule has 0 radical (unpaired) electrons. The molecule has 2 heterocycles. The molecule has 9 heteroatoms. The average molecular weight is 423 g/mol. The number of phenolic OH excluding ortho intramolecular Hbond substituents is 1. The van der Waals surface area contributed by atoms with E-state index in [1.54, 1.807) is 12.1 Å². The lowest BCUT2D eigenvalue weighted by Gasteiger charge is -2.25. The van der Waals surface area contributed by atoms with E-state index < -0.39 is 5.91 Å².